The summed E-state index contributed by atoms with van der Waals surface area (Å²) in [6.45, 7) is 3.27. The maximum atomic E-state index is 12.9. The first kappa shape index (κ1) is 19.1. The summed E-state index contributed by atoms with van der Waals surface area (Å²) in [5.74, 6) is 1.00. The molecule has 0 saturated heterocycles. The molecule has 0 unspecified atom stereocenters. The maximum absolute atomic E-state index is 12.9. The number of amides is 1. The second-order valence-electron chi connectivity index (χ2n) is 6.25. The molecule has 0 fully saturated rings. The number of nitrogens with zero attached hydrogens (tertiary/aromatic N) is 3. The first-order chi connectivity index (χ1) is 13.2. The van der Waals surface area contributed by atoms with E-state index in [2.05, 4.69) is 17.1 Å². The third-order valence-corrected chi connectivity index (χ3v) is 4.60. The number of unbranched alkanes of at least 4 members (excludes halogenated alkanes) is 1. The molecule has 0 atom stereocenters. The van der Waals surface area contributed by atoms with Gasteiger partial charge in [0.25, 0.3) is 5.91 Å². The number of benzene rings is 2. The van der Waals surface area contributed by atoms with Crippen LogP contribution in [0.1, 0.15) is 36.0 Å². The molecule has 0 N–H and O–H groups in total. The maximum Gasteiger partial charge on any atom is 0.255 e. The van der Waals surface area contributed by atoms with Gasteiger partial charge in [0.15, 0.2) is 0 Å². The van der Waals surface area contributed by atoms with Crippen molar-refractivity contribution in [2.45, 2.75) is 26.2 Å². The molecular formula is C21H22ClN3O2. The summed E-state index contributed by atoms with van der Waals surface area (Å²) in [6, 6.07) is 16.8. The summed E-state index contributed by atoms with van der Waals surface area (Å²) in [7, 11) is 0. The number of halogens is 1. The van der Waals surface area contributed by atoms with Gasteiger partial charge in [-0.15, -0.1) is 0 Å². The van der Waals surface area contributed by atoms with Crippen LogP contribution >= 0.6 is 11.6 Å². The molecule has 1 heterocycles. The Labute approximate surface area is 164 Å². The molecule has 1 aromatic heterocycles. The second-order valence-corrected chi connectivity index (χ2v) is 6.66. The quantitative estimate of drug-likeness (QED) is 0.556. The highest BCUT2D eigenvalue weighted by molar-refractivity contribution is 6.33. The average Bonchev–Trinajstić information content (AvgIpc) is 3.18. The highest BCUT2D eigenvalue weighted by atomic mass is 35.5. The van der Waals surface area contributed by atoms with Crippen molar-refractivity contribution in [3.63, 3.8) is 0 Å². The fourth-order valence-corrected chi connectivity index (χ4v) is 2.98. The minimum absolute atomic E-state index is 0.0724. The molecule has 2 aromatic carbocycles. The standard InChI is InChI=1S/C21H22ClN3O2/c1-2-3-14-25(21(26)17-11-7-8-12-18(17)22)15-13-19-23-20(24-27-19)16-9-5-4-6-10-16/h4-12H,2-3,13-15H2,1H3. The Bertz CT molecular complexity index is 880. The summed E-state index contributed by atoms with van der Waals surface area (Å²) in [5, 5.41) is 4.50. The van der Waals surface area contributed by atoms with E-state index in [1.807, 2.05) is 42.5 Å². The Morgan fingerprint density at radius 2 is 1.81 bits per heavy atom. The monoisotopic (exact) mass is 383 g/mol. The van der Waals surface area contributed by atoms with E-state index in [0.29, 0.717) is 41.8 Å². The van der Waals surface area contributed by atoms with Crippen LogP contribution in [0.2, 0.25) is 5.02 Å². The minimum atomic E-state index is -0.0724. The smallest absolute Gasteiger partial charge is 0.255 e. The summed E-state index contributed by atoms with van der Waals surface area (Å²) in [4.78, 5) is 19.1. The van der Waals surface area contributed by atoms with Crippen molar-refractivity contribution in [2.24, 2.45) is 0 Å². The van der Waals surface area contributed by atoms with Crippen LogP contribution in [0.4, 0.5) is 0 Å². The Morgan fingerprint density at radius 3 is 2.56 bits per heavy atom. The number of hydrogen-bond acceptors (Lipinski definition) is 4. The SMILES string of the molecule is CCCCN(CCc1nc(-c2ccccc2)no1)C(=O)c1ccccc1Cl. The van der Waals surface area contributed by atoms with E-state index in [9.17, 15) is 4.79 Å². The molecule has 140 valence electrons. The highest BCUT2D eigenvalue weighted by Crippen LogP contribution is 2.19. The van der Waals surface area contributed by atoms with Crippen LogP contribution in [0, 0.1) is 0 Å². The van der Waals surface area contributed by atoms with Crippen LogP contribution in [-0.2, 0) is 6.42 Å². The van der Waals surface area contributed by atoms with Crippen LogP contribution in [0.15, 0.2) is 59.1 Å². The van der Waals surface area contributed by atoms with Gasteiger partial charge in [-0.2, -0.15) is 4.98 Å². The summed E-state index contributed by atoms with van der Waals surface area (Å²) >= 11 is 6.20. The lowest BCUT2D eigenvalue weighted by Gasteiger charge is -2.22. The summed E-state index contributed by atoms with van der Waals surface area (Å²) in [5.41, 5.74) is 1.42. The second kappa shape index (κ2) is 9.33. The molecule has 6 heteroatoms. The highest BCUT2D eigenvalue weighted by Gasteiger charge is 2.19. The number of rotatable bonds is 8. The number of hydrogen-bond donors (Lipinski definition) is 0. The van der Waals surface area contributed by atoms with Crippen molar-refractivity contribution in [3.8, 4) is 11.4 Å². The van der Waals surface area contributed by atoms with Crippen LogP contribution in [0.5, 0.6) is 0 Å². The van der Waals surface area contributed by atoms with Crippen molar-refractivity contribution in [1.82, 2.24) is 15.0 Å². The van der Waals surface area contributed by atoms with Crippen LogP contribution in [-0.4, -0.2) is 34.0 Å². The number of carbonyl (C=O) groups is 1. The molecule has 0 aliphatic rings. The van der Waals surface area contributed by atoms with Gasteiger partial charge in [-0.05, 0) is 18.6 Å². The van der Waals surface area contributed by atoms with Gasteiger partial charge in [-0.1, -0.05) is 72.6 Å². The van der Waals surface area contributed by atoms with Crippen LogP contribution < -0.4 is 0 Å². The van der Waals surface area contributed by atoms with Crippen molar-refractivity contribution >= 4 is 17.5 Å². The van der Waals surface area contributed by atoms with Crippen LogP contribution in [0.3, 0.4) is 0 Å². The number of aromatic nitrogens is 2. The largest absolute Gasteiger partial charge is 0.339 e. The third kappa shape index (κ3) is 4.95. The molecule has 3 rings (SSSR count). The zero-order chi connectivity index (χ0) is 19.1. The zero-order valence-electron chi connectivity index (χ0n) is 15.3. The Kier molecular flexibility index (Phi) is 6.60. The third-order valence-electron chi connectivity index (χ3n) is 4.27. The summed E-state index contributed by atoms with van der Waals surface area (Å²) < 4.78 is 5.36. The van der Waals surface area contributed by atoms with Crippen molar-refractivity contribution < 1.29 is 9.32 Å². The molecule has 0 aliphatic heterocycles. The number of carbonyl (C=O) groups excluding carboxylic acids is 1. The fourth-order valence-electron chi connectivity index (χ4n) is 2.76. The van der Waals surface area contributed by atoms with E-state index in [1.54, 1.807) is 17.0 Å². The predicted octanol–water partition coefficient (Wildman–Crippen LogP) is 4.88. The summed E-state index contributed by atoms with van der Waals surface area (Å²) in [6.07, 6.45) is 2.43. The molecule has 0 bridgehead atoms. The Hall–Kier alpha value is -2.66. The normalized spacial score (nSPS) is 10.7. The lowest BCUT2D eigenvalue weighted by atomic mass is 10.1. The van der Waals surface area contributed by atoms with Gasteiger partial charge in [-0.3, -0.25) is 4.79 Å². The molecule has 5 nitrogen and oxygen atoms in total. The van der Waals surface area contributed by atoms with Crippen molar-refractivity contribution in [2.75, 3.05) is 13.1 Å². The van der Waals surface area contributed by atoms with Gasteiger partial charge >= 0.3 is 0 Å². The van der Waals surface area contributed by atoms with E-state index in [-0.39, 0.29) is 5.91 Å². The van der Waals surface area contributed by atoms with Crippen molar-refractivity contribution in [1.29, 1.82) is 0 Å². The van der Waals surface area contributed by atoms with Gasteiger partial charge in [0.05, 0.1) is 10.6 Å². The predicted molar refractivity (Wildman–Crippen MR) is 106 cm³/mol. The molecule has 0 radical (unpaired) electrons. The van der Waals surface area contributed by atoms with E-state index in [0.717, 1.165) is 18.4 Å². The molecule has 0 spiro atoms. The van der Waals surface area contributed by atoms with E-state index >= 15 is 0 Å². The van der Waals surface area contributed by atoms with Gasteiger partial charge in [0.2, 0.25) is 11.7 Å². The average molecular weight is 384 g/mol. The van der Waals surface area contributed by atoms with Gasteiger partial charge < -0.3 is 9.42 Å². The van der Waals surface area contributed by atoms with E-state index in [4.69, 9.17) is 16.1 Å². The van der Waals surface area contributed by atoms with Gasteiger partial charge in [0.1, 0.15) is 0 Å². The Balaban J connectivity index is 1.69. The lowest BCUT2D eigenvalue weighted by Crippen LogP contribution is -2.34. The Morgan fingerprint density at radius 1 is 1.07 bits per heavy atom. The van der Waals surface area contributed by atoms with E-state index in [1.165, 1.54) is 0 Å². The molecule has 27 heavy (non-hydrogen) atoms. The minimum Gasteiger partial charge on any atom is -0.339 e. The fraction of sp³-hybridized carbons (Fsp3) is 0.286. The van der Waals surface area contributed by atoms with Gasteiger partial charge in [0, 0.05) is 25.1 Å². The van der Waals surface area contributed by atoms with E-state index < -0.39 is 0 Å². The van der Waals surface area contributed by atoms with Gasteiger partial charge in [-0.25, -0.2) is 0 Å². The zero-order valence-corrected chi connectivity index (χ0v) is 16.0. The first-order valence-corrected chi connectivity index (χ1v) is 9.48. The molecular weight excluding hydrogens is 362 g/mol. The molecule has 0 saturated carbocycles. The molecule has 0 aliphatic carbocycles. The molecule has 1 amide bonds. The topological polar surface area (TPSA) is 59.2 Å². The lowest BCUT2D eigenvalue weighted by molar-refractivity contribution is 0.0752. The molecule has 3 aromatic rings. The van der Waals surface area contributed by atoms with Crippen molar-refractivity contribution in [3.05, 3.63) is 71.1 Å². The van der Waals surface area contributed by atoms with Crippen LogP contribution in [0.25, 0.3) is 11.4 Å². The first-order valence-electron chi connectivity index (χ1n) is 9.11.